The summed E-state index contributed by atoms with van der Waals surface area (Å²) in [6.45, 7) is 5.46. The molecular formula is C14H15NO3. The minimum Gasteiger partial charge on any atom is -0.496 e. The van der Waals surface area contributed by atoms with Crippen LogP contribution in [0.1, 0.15) is 11.1 Å². The van der Waals surface area contributed by atoms with E-state index in [4.69, 9.17) is 15.2 Å². The SMILES string of the molecule is C=CC1OC(N)=C(c2ccc(OC)c(C)c2)C1=O. The third-order valence-corrected chi connectivity index (χ3v) is 2.90. The average molecular weight is 245 g/mol. The highest BCUT2D eigenvalue weighted by Gasteiger charge is 2.32. The van der Waals surface area contributed by atoms with Crippen molar-refractivity contribution in [3.63, 3.8) is 0 Å². The molecule has 4 heteroatoms. The number of ketones is 1. The van der Waals surface area contributed by atoms with E-state index in [1.165, 1.54) is 6.08 Å². The predicted molar refractivity (Wildman–Crippen MR) is 68.9 cm³/mol. The molecule has 1 aromatic carbocycles. The van der Waals surface area contributed by atoms with Gasteiger partial charge in [-0.1, -0.05) is 12.6 Å². The molecule has 0 bridgehead atoms. The molecule has 1 aromatic rings. The van der Waals surface area contributed by atoms with Gasteiger partial charge in [-0.25, -0.2) is 0 Å². The normalized spacial score (nSPS) is 18.8. The fraction of sp³-hybridized carbons (Fsp3) is 0.214. The third kappa shape index (κ3) is 1.86. The van der Waals surface area contributed by atoms with Crippen LogP contribution >= 0.6 is 0 Å². The molecule has 0 aromatic heterocycles. The smallest absolute Gasteiger partial charge is 0.213 e. The monoisotopic (exact) mass is 245 g/mol. The number of nitrogens with two attached hydrogens (primary N) is 1. The number of Topliss-reactive ketones (excluding diaryl/α,β-unsaturated/α-hetero) is 1. The van der Waals surface area contributed by atoms with E-state index in [2.05, 4.69) is 6.58 Å². The summed E-state index contributed by atoms with van der Waals surface area (Å²) in [6, 6.07) is 5.45. The maximum Gasteiger partial charge on any atom is 0.213 e. The first-order chi connectivity index (χ1) is 8.58. The topological polar surface area (TPSA) is 61.6 Å². The van der Waals surface area contributed by atoms with Crippen molar-refractivity contribution in [3.8, 4) is 5.75 Å². The van der Waals surface area contributed by atoms with Gasteiger partial charge in [0.15, 0.2) is 12.0 Å². The highest BCUT2D eigenvalue weighted by atomic mass is 16.5. The Morgan fingerprint density at radius 2 is 2.22 bits per heavy atom. The molecule has 0 amide bonds. The van der Waals surface area contributed by atoms with Crippen molar-refractivity contribution in [3.05, 3.63) is 47.9 Å². The van der Waals surface area contributed by atoms with Crippen LogP contribution in [0.4, 0.5) is 0 Å². The lowest BCUT2D eigenvalue weighted by atomic mass is 9.99. The molecule has 2 N–H and O–H groups in total. The van der Waals surface area contributed by atoms with Crippen LogP contribution in [0.5, 0.6) is 5.75 Å². The van der Waals surface area contributed by atoms with Crippen LogP contribution in [0.25, 0.3) is 5.57 Å². The van der Waals surface area contributed by atoms with Gasteiger partial charge < -0.3 is 15.2 Å². The summed E-state index contributed by atoms with van der Waals surface area (Å²) in [5.74, 6) is 0.756. The predicted octanol–water partition coefficient (Wildman–Crippen LogP) is 1.78. The summed E-state index contributed by atoms with van der Waals surface area (Å²) in [4.78, 5) is 12.0. The Hall–Kier alpha value is -2.23. The minimum atomic E-state index is -0.678. The van der Waals surface area contributed by atoms with Crippen molar-refractivity contribution in [1.29, 1.82) is 0 Å². The first-order valence-corrected chi connectivity index (χ1v) is 5.56. The van der Waals surface area contributed by atoms with Crippen molar-refractivity contribution in [2.24, 2.45) is 5.73 Å². The fourth-order valence-corrected chi connectivity index (χ4v) is 1.99. The molecule has 1 aliphatic rings. The van der Waals surface area contributed by atoms with Crippen molar-refractivity contribution >= 4 is 11.4 Å². The van der Waals surface area contributed by atoms with Gasteiger partial charge in [0.05, 0.1) is 12.7 Å². The van der Waals surface area contributed by atoms with Gasteiger partial charge in [-0.2, -0.15) is 0 Å². The standard InChI is InChI=1S/C14H15NO3/c1-4-10-13(16)12(14(15)18-10)9-5-6-11(17-3)8(2)7-9/h4-7,10H,1,15H2,2-3H3. The summed E-state index contributed by atoms with van der Waals surface area (Å²) in [6.07, 6.45) is 0.765. The van der Waals surface area contributed by atoms with Crippen molar-refractivity contribution in [2.45, 2.75) is 13.0 Å². The molecule has 1 atom stereocenters. The van der Waals surface area contributed by atoms with E-state index >= 15 is 0 Å². The molecule has 2 rings (SSSR count). The largest absolute Gasteiger partial charge is 0.496 e. The Kier molecular flexibility index (Phi) is 3.10. The number of carbonyl (C=O) groups is 1. The molecule has 94 valence electrons. The molecule has 0 aliphatic carbocycles. The molecular weight excluding hydrogens is 230 g/mol. The molecule has 4 nitrogen and oxygen atoms in total. The highest BCUT2D eigenvalue weighted by molar-refractivity contribution is 6.25. The zero-order valence-electron chi connectivity index (χ0n) is 10.4. The first-order valence-electron chi connectivity index (χ1n) is 5.56. The molecule has 1 aliphatic heterocycles. The summed E-state index contributed by atoms with van der Waals surface area (Å²) in [5, 5.41) is 0. The quantitative estimate of drug-likeness (QED) is 0.825. The third-order valence-electron chi connectivity index (χ3n) is 2.90. The van der Waals surface area contributed by atoms with Crippen LogP contribution in [-0.4, -0.2) is 19.0 Å². The summed E-state index contributed by atoms with van der Waals surface area (Å²) in [5.41, 5.74) is 7.83. The second kappa shape index (κ2) is 4.56. The second-order valence-electron chi connectivity index (χ2n) is 4.06. The van der Waals surface area contributed by atoms with Crippen LogP contribution in [0.3, 0.4) is 0 Å². The molecule has 0 spiro atoms. The van der Waals surface area contributed by atoms with Crippen molar-refractivity contribution < 1.29 is 14.3 Å². The Bertz CT molecular complexity index is 546. The molecule has 1 heterocycles. The van der Waals surface area contributed by atoms with Gasteiger partial charge in [-0.05, 0) is 36.3 Å². The number of hydrogen-bond acceptors (Lipinski definition) is 4. The van der Waals surface area contributed by atoms with Gasteiger partial charge in [-0.3, -0.25) is 4.79 Å². The van der Waals surface area contributed by atoms with E-state index in [1.54, 1.807) is 19.2 Å². The lowest BCUT2D eigenvalue weighted by molar-refractivity contribution is -0.118. The number of benzene rings is 1. The van der Waals surface area contributed by atoms with Crippen LogP contribution in [0, 0.1) is 6.92 Å². The van der Waals surface area contributed by atoms with Crippen LogP contribution < -0.4 is 10.5 Å². The number of aryl methyl sites for hydroxylation is 1. The Balaban J connectivity index is 2.43. The number of methoxy groups -OCH3 is 1. The van der Waals surface area contributed by atoms with Gasteiger partial charge >= 0.3 is 0 Å². The van der Waals surface area contributed by atoms with Gasteiger partial charge in [0.25, 0.3) is 0 Å². The van der Waals surface area contributed by atoms with E-state index in [0.717, 1.165) is 16.9 Å². The molecule has 0 fully saturated rings. The Morgan fingerprint density at radius 3 is 2.72 bits per heavy atom. The van der Waals surface area contributed by atoms with Crippen LogP contribution in [0.2, 0.25) is 0 Å². The summed E-state index contributed by atoms with van der Waals surface area (Å²) in [7, 11) is 1.60. The average Bonchev–Trinajstić information content (AvgIpc) is 2.64. The van der Waals surface area contributed by atoms with E-state index < -0.39 is 6.10 Å². The second-order valence-corrected chi connectivity index (χ2v) is 4.06. The Labute approximate surface area is 106 Å². The van der Waals surface area contributed by atoms with E-state index in [0.29, 0.717) is 5.57 Å². The summed E-state index contributed by atoms with van der Waals surface area (Å²) < 4.78 is 10.4. The number of hydrogen-bond donors (Lipinski definition) is 1. The van der Waals surface area contributed by atoms with Gasteiger partial charge in [0, 0.05) is 0 Å². The Morgan fingerprint density at radius 1 is 1.50 bits per heavy atom. The zero-order valence-corrected chi connectivity index (χ0v) is 10.4. The number of ether oxygens (including phenoxy) is 2. The highest BCUT2D eigenvalue weighted by Crippen LogP contribution is 2.30. The molecule has 0 radical (unpaired) electrons. The minimum absolute atomic E-state index is 0.148. The maximum absolute atomic E-state index is 12.0. The lowest BCUT2D eigenvalue weighted by Crippen LogP contribution is -2.14. The zero-order chi connectivity index (χ0) is 13.3. The van der Waals surface area contributed by atoms with E-state index in [9.17, 15) is 4.79 Å². The van der Waals surface area contributed by atoms with Gasteiger partial charge in [0.1, 0.15) is 5.75 Å². The molecule has 0 saturated carbocycles. The molecule has 1 unspecified atom stereocenters. The number of carbonyl (C=O) groups excluding carboxylic acids is 1. The van der Waals surface area contributed by atoms with E-state index in [-0.39, 0.29) is 11.7 Å². The lowest BCUT2D eigenvalue weighted by Gasteiger charge is -2.07. The summed E-state index contributed by atoms with van der Waals surface area (Å²) >= 11 is 0. The van der Waals surface area contributed by atoms with Crippen LogP contribution in [0.15, 0.2) is 36.7 Å². The molecule has 18 heavy (non-hydrogen) atoms. The van der Waals surface area contributed by atoms with Crippen molar-refractivity contribution in [2.75, 3.05) is 7.11 Å². The fourth-order valence-electron chi connectivity index (χ4n) is 1.99. The van der Waals surface area contributed by atoms with Crippen molar-refractivity contribution in [1.82, 2.24) is 0 Å². The van der Waals surface area contributed by atoms with Gasteiger partial charge in [0.2, 0.25) is 5.78 Å². The van der Waals surface area contributed by atoms with Crippen LogP contribution in [-0.2, 0) is 9.53 Å². The first kappa shape index (κ1) is 12.2. The number of rotatable bonds is 3. The maximum atomic E-state index is 12.0. The van der Waals surface area contributed by atoms with E-state index in [1.807, 2.05) is 13.0 Å². The molecule has 0 saturated heterocycles. The van der Waals surface area contributed by atoms with Gasteiger partial charge in [-0.15, -0.1) is 0 Å².